The van der Waals surface area contributed by atoms with Gasteiger partial charge in [0.15, 0.2) is 5.78 Å². The summed E-state index contributed by atoms with van der Waals surface area (Å²) in [5.74, 6) is 2.37. The first-order valence-corrected chi connectivity index (χ1v) is 9.76. The maximum atomic E-state index is 13.5. The summed E-state index contributed by atoms with van der Waals surface area (Å²) in [6.07, 6.45) is 3.79. The van der Waals surface area contributed by atoms with E-state index in [2.05, 4.69) is 59.5 Å². The van der Waals surface area contributed by atoms with Crippen LogP contribution in [0.2, 0.25) is 0 Å². The molecular formula is C24H25NO. The third-order valence-electron chi connectivity index (χ3n) is 6.83. The standard InChI is InChI=1S/C24H25NO/c1-25(2)19-12-10-16(11-13-19)22-20(15-6-4-3-5-7-15)21-17-8-9-18(14-17)23(21)24(22)26/h3-7,10-13,17-18,21,23H,8-9,14H2,1-2H3/t17-,18+,21?,23?/m1/s1. The summed E-state index contributed by atoms with van der Waals surface area (Å²) in [5, 5.41) is 0. The smallest absolute Gasteiger partial charge is 0.167 e. The number of hydrogen-bond acceptors (Lipinski definition) is 2. The number of anilines is 1. The van der Waals surface area contributed by atoms with Gasteiger partial charge < -0.3 is 4.90 Å². The number of fused-ring (bicyclic) bond motifs is 5. The summed E-state index contributed by atoms with van der Waals surface area (Å²) in [5.41, 5.74) is 5.82. The molecule has 2 nitrogen and oxygen atoms in total. The van der Waals surface area contributed by atoms with Gasteiger partial charge in [-0.3, -0.25) is 4.79 Å². The molecule has 2 saturated carbocycles. The number of benzene rings is 2. The van der Waals surface area contributed by atoms with Crippen LogP contribution in [0.3, 0.4) is 0 Å². The molecule has 2 bridgehead atoms. The zero-order valence-electron chi connectivity index (χ0n) is 15.5. The molecule has 0 spiro atoms. The van der Waals surface area contributed by atoms with E-state index in [0.717, 1.165) is 11.1 Å². The zero-order chi connectivity index (χ0) is 17.8. The molecule has 0 N–H and O–H groups in total. The summed E-state index contributed by atoms with van der Waals surface area (Å²) in [6, 6.07) is 19.1. The van der Waals surface area contributed by atoms with Gasteiger partial charge in [-0.2, -0.15) is 0 Å². The second-order valence-electron chi connectivity index (χ2n) is 8.35. The molecule has 2 fully saturated rings. The van der Waals surface area contributed by atoms with Gasteiger partial charge in [0.2, 0.25) is 0 Å². The van der Waals surface area contributed by atoms with Crippen LogP contribution in [-0.2, 0) is 4.79 Å². The minimum atomic E-state index is 0.229. The summed E-state index contributed by atoms with van der Waals surface area (Å²) >= 11 is 0. The van der Waals surface area contributed by atoms with Gasteiger partial charge in [-0.05, 0) is 65.8 Å². The van der Waals surface area contributed by atoms with E-state index in [4.69, 9.17) is 0 Å². The number of ketones is 1. The van der Waals surface area contributed by atoms with Gasteiger partial charge in [0.25, 0.3) is 0 Å². The molecule has 0 aliphatic heterocycles. The first-order chi connectivity index (χ1) is 12.6. The van der Waals surface area contributed by atoms with Gasteiger partial charge in [-0.25, -0.2) is 0 Å². The molecule has 2 aromatic rings. The van der Waals surface area contributed by atoms with Gasteiger partial charge in [-0.15, -0.1) is 0 Å². The number of hydrogen-bond donors (Lipinski definition) is 0. The Balaban J connectivity index is 1.68. The quantitative estimate of drug-likeness (QED) is 0.789. The first kappa shape index (κ1) is 15.9. The minimum absolute atomic E-state index is 0.229. The van der Waals surface area contributed by atoms with Crippen molar-refractivity contribution in [1.29, 1.82) is 0 Å². The zero-order valence-corrected chi connectivity index (χ0v) is 15.5. The summed E-state index contributed by atoms with van der Waals surface area (Å²) in [4.78, 5) is 15.6. The summed E-state index contributed by atoms with van der Waals surface area (Å²) < 4.78 is 0. The lowest BCUT2D eigenvalue weighted by molar-refractivity contribution is -0.118. The lowest BCUT2D eigenvalue weighted by Gasteiger charge is -2.26. The predicted octanol–water partition coefficient (Wildman–Crippen LogP) is 4.91. The Morgan fingerprint density at radius 2 is 1.46 bits per heavy atom. The molecular weight excluding hydrogens is 318 g/mol. The monoisotopic (exact) mass is 343 g/mol. The molecule has 2 aromatic carbocycles. The van der Waals surface area contributed by atoms with Crippen molar-refractivity contribution in [3.8, 4) is 0 Å². The number of rotatable bonds is 3. The van der Waals surface area contributed by atoms with Crippen molar-refractivity contribution in [3.63, 3.8) is 0 Å². The molecule has 3 aliphatic carbocycles. The van der Waals surface area contributed by atoms with Gasteiger partial charge >= 0.3 is 0 Å². The van der Waals surface area contributed by atoms with E-state index in [9.17, 15) is 4.79 Å². The number of allylic oxidation sites excluding steroid dienone is 2. The van der Waals surface area contributed by atoms with Crippen molar-refractivity contribution in [3.05, 3.63) is 65.7 Å². The Morgan fingerprint density at radius 3 is 2.12 bits per heavy atom. The van der Waals surface area contributed by atoms with Gasteiger partial charge in [0.05, 0.1) is 0 Å². The molecule has 2 unspecified atom stereocenters. The lowest BCUT2D eigenvalue weighted by atomic mass is 9.77. The third kappa shape index (κ3) is 2.21. The van der Waals surface area contributed by atoms with Crippen molar-refractivity contribution in [2.75, 3.05) is 19.0 Å². The van der Waals surface area contributed by atoms with E-state index < -0.39 is 0 Å². The molecule has 0 amide bonds. The first-order valence-electron chi connectivity index (χ1n) is 9.76. The molecule has 2 heteroatoms. The fourth-order valence-corrected chi connectivity index (χ4v) is 5.73. The van der Waals surface area contributed by atoms with Crippen molar-refractivity contribution < 1.29 is 4.79 Å². The van der Waals surface area contributed by atoms with Crippen LogP contribution >= 0.6 is 0 Å². The number of Topliss-reactive ketones (excluding diaryl/α,β-unsaturated/α-hetero) is 1. The topological polar surface area (TPSA) is 20.3 Å². The minimum Gasteiger partial charge on any atom is -0.378 e. The van der Waals surface area contributed by atoms with E-state index in [-0.39, 0.29) is 5.92 Å². The van der Waals surface area contributed by atoms with Crippen molar-refractivity contribution >= 4 is 22.6 Å². The van der Waals surface area contributed by atoms with Crippen molar-refractivity contribution in [1.82, 2.24) is 0 Å². The number of carbonyl (C=O) groups is 1. The highest BCUT2D eigenvalue weighted by atomic mass is 16.1. The molecule has 0 aromatic heterocycles. The average molecular weight is 343 g/mol. The lowest BCUT2D eigenvalue weighted by Crippen LogP contribution is -2.24. The molecule has 0 saturated heterocycles. The van der Waals surface area contributed by atoms with E-state index in [1.54, 1.807) is 0 Å². The van der Waals surface area contributed by atoms with E-state index in [1.807, 2.05) is 14.1 Å². The molecule has 0 radical (unpaired) electrons. The van der Waals surface area contributed by atoms with E-state index in [0.29, 0.717) is 23.5 Å². The van der Waals surface area contributed by atoms with Crippen molar-refractivity contribution in [2.24, 2.45) is 23.7 Å². The van der Waals surface area contributed by atoms with Crippen LogP contribution in [0.5, 0.6) is 0 Å². The molecule has 0 heterocycles. The average Bonchev–Trinajstić information content (AvgIpc) is 3.35. The molecule has 3 aliphatic rings. The Kier molecular flexibility index (Phi) is 3.56. The van der Waals surface area contributed by atoms with Crippen LogP contribution in [0.4, 0.5) is 5.69 Å². The van der Waals surface area contributed by atoms with E-state index in [1.165, 1.54) is 36.1 Å². The van der Waals surface area contributed by atoms with Crippen molar-refractivity contribution in [2.45, 2.75) is 19.3 Å². The third-order valence-corrected chi connectivity index (χ3v) is 6.83. The van der Waals surface area contributed by atoms with E-state index >= 15 is 0 Å². The second kappa shape index (κ2) is 5.84. The van der Waals surface area contributed by atoms with Crippen LogP contribution in [-0.4, -0.2) is 19.9 Å². The van der Waals surface area contributed by atoms with Crippen LogP contribution in [0.15, 0.2) is 54.6 Å². The Labute approximate surface area is 155 Å². The normalized spacial score (nSPS) is 29.4. The summed E-state index contributed by atoms with van der Waals surface area (Å²) in [7, 11) is 4.10. The van der Waals surface area contributed by atoms with Crippen LogP contribution in [0, 0.1) is 23.7 Å². The molecule has 4 atom stereocenters. The Bertz CT molecular complexity index is 878. The number of carbonyl (C=O) groups excluding carboxylic acids is 1. The Morgan fingerprint density at radius 1 is 0.808 bits per heavy atom. The van der Waals surface area contributed by atoms with Crippen LogP contribution in [0.1, 0.15) is 30.4 Å². The SMILES string of the molecule is CN(C)c1ccc(C2=C(c3ccccc3)C3C(C2=O)[C@H]2CC[C@@H]3C2)cc1. The molecule has 132 valence electrons. The highest BCUT2D eigenvalue weighted by Crippen LogP contribution is 2.62. The highest BCUT2D eigenvalue weighted by molar-refractivity contribution is 6.32. The fourth-order valence-electron chi connectivity index (χ4n) is 5.73. The van der Waals surface area contributed by atoms with Gasteiger partial charge in [0, 0.05) is 31.3 Å². The fraction of sp³-hybridized carbons (Fsp3) is 0.375. The maximum Gasteiger partial charge on any atom is 0.167 e. The maximum absolute atomic E-state index is 13.5. The van der Waals surface area contributed by atoms with Gasteiger partial charge in [-0.1, -0.05) is 42.5 Å². The van der Waals surface area contributed by atoms with Gasteiger partial charge in [0.1, 0.15) is 0 Å². The molecule has 5 rings (SSSR count). The highest BCUT2D eigenvalue weighted by Gasteiger charge is 2.57. The second-order valence-corrected chi connectivity index (χ2v) is 8.35. The van der Waals surface area contributed by atoms with Crippen LogP contribution in [0.25, 0.3) is 11.1 Å². The Hall–Kier alpha value is -2.35. The molecule has 26 heavy (non-hydrogen) atoms. The predicted molar refractivity (Wildman–Crippen MR) is 107 cm³/mol. The van der Waals surface area contributed by atoms with Crippen LogP contribution < -0.4 is 4.90 Å². The number of nitrogens with zero attached hydrogens (tertiary/aromatic N) is 1. The largest absolute Gasteiger partial charge is 0.378 e. The summed E-state index contributed by atoms with van der Waals surface area (Å²) in [6.45, 7) is 0.